The number of halogens is 1. The lowest BCUT2D eigenvalue weighted by molar-refractivity contribution is 0.182. The molecule has 6 heteroatoms. The Kier molecular flexibility index (Phi) is 3.53. The predicted molar refractivity (Wildman–Crippen MR) is 67.1 cm³/mol. The van der Waals surface area contributed by atoms with Gasteiger partial charge in [0.2, 0.25) is 0 Å². The van der Waals surface area contributed by atoms with Crippen LogP contribution in [0.25, 0.3) is 9.88 Å². The Morgan fingerprint density at radius 1 is 1.47 bits per heavy atom. The highest BCUT2D eigenvalue weighted by Crippen LogP contribution is 2.32. The Bertz CT molecular complexity index is 454. The van der Waals surface area contributed by atoms with Crippen molar-refractivity contribution in [3.05, 3.63) is 27.0 Å². The number of hydrogen-bond acceptors (Lipinski definition) is 5. The Morgan fingerprint density at radius 2 is 2.27 bits per heavy atom. The van der Waals surface area contributed by atoms with E-state index in [2.05, 4.69) is 20.9 Å². The molecule has 0 spiro atoms. The van der Waals surface area contributed by atoms with E-state index in [0.29, 0.717) is 5.69 Å². The van der Waals surface area contributed by atoms with Crippen molar-refractivity contribution in [2.24, 2.45) is 5.73 Å². The van der Waals surface area contributed by atoms with Gasteiger partial charge in [-0.15, -0.1) is 22.7 Å². The zero-order valence-corrected chi connectivity index (χ0v) is 10.9. The summed E-state index contributed by atoms with van der Waals surface area (Å²) < 4.78 is 1.05. The number of nitrogens with zero attached hydrogens (tertiary/aromatic N) is 1. The fourth-order valence-corrected chi connectivity index (χ4v) is 3.47. The fraction of sp³-hybridized carbons (Fsp3) is 0.222. The van der Waals surface area contributed by atoms with Crippen LogP contribution in [0.5, 0.6) is 0 Å². The number of hydrogen-bond donors (Lipinski definition) is 2. The molecule has 1 atom stereocenters. The molecule has 15 heavy (non-hydrogen) atoms. The van der Waals surface area contributed by atoms with Gasteiger partial charge in [0.15, 0.2) is 0 Å². The van der Waals surface area contributed by atoms with Gasteiger partial charge >= 0.3 is 0 Å². The monoisotopic (exact) mass is 304 g/mol. The summed E-state index contributed by atoms with van der Waals surface area (Å²) in [5.74, 6) is 0. The number of nitrogens with two attached hydrogens (primary N) is 1. The minimum Gasteiger partial charge on any atom is -0.385 e. The second kappa shape index (κ2) is 4.71. The van der Waals surface area contributed by atoms with Crippen molar-refractivity contribution in [1.29, 1.82) is 0 Å². The molecule has 0 radical (unpaired) electrons. The Hall–Kier alpha value is -0.270. The van der Waals surface area contributed by atoms with Crippen molar-refractivity contribution >= 4 is 38.6 Å². The Morgan fingerprint density at radius 3 is 2.87 bits per heavy atom. The van der Waals surface area contributed by atoms with Gasteiger partial charge in [-0.1, -0.05) is 0 Å². The second-order valence-electron chi connectivity index (χ2n) is 2.96. The lowest BCUT2D eigenvalue weighted by Gasteiger charge is -2.01. The second-order valence-corrected chi connectivity index (χ2v) is 5.64. The highest BCUT2D eigenvalue weighted by Gasteiger charge is 2.12. The first-order valence-electron chi connectivity index (χ1n) is 4.28. The number of aliphatic hydroxyl groups is 1. The average Bonchev–Trinajstić information content (AvgIpc) is 2.84. The van der Waals surface area contributed by atoms with E-state index < -0.39 is 6.10 Å². The molecule has 3 N–H and O–H groups in total. The number of thiazole rings is 1. The summed E-state index contributed by atoms with van der Waals surface area (Å²) in [5.41, 5.74) is 6.02. The van der Waals surface area contributed by atoms with Crippen molar-refractivity contribution in [2.45, 2.75) is 6.10 Å². The molecule has 2 aromatic heterocycles. The predicted octanol–water partition coefficient (Wildman–Crippen LogP) is 2.63. The quantitative estimate of drug-likeness (QED) is 0.916. The Balaban J connectivity index is 2.27. The number of aromatic nitrogens is 1. The number of rotatable bonds is 3. The minimum absolute atomic E-state index is 0.206. The maximum Gasteiger partial charge on any atom is 0.133 e. The first-order valence-corrected chi connectivity index (χ1v) is 6.84. The Labute approximate surface area is 104 Å². The van der Waals surface area contributed by atoms with Gasteiger partial charge in [0, 0.05) is 21.8 Å². The first-order chi connectivity index (χ1) is 7.20. The molecule has 2 aromatic rings. The van der Waals surface area contributed by atoms with Crippen LogP contribution in [0.1, 0.15) is 11.8 Å². The van der Waals surface area contributed by atoms with Gasteiger partial charge in [-0.2, -0.15) is 0 Å². The van der Waals surface area contributed by atoms with Gasteiger partial charge in [-0.25, -0.2) is 4.98 Å². The van der Waals surface area contributed by atoms with Crippen molar-refractivity contribution < 1.29 is 5.11 Å². The maximum atomic E-state index is 9.51. The van der Waals surface area contributed by atoms with E-state index in [1.807, 2.05) is 16.8 Å². The molecule has 0 bridgehead atoms. The summed E-state index contributed by atoms with van der Waals surface area (Å²) in [6.45, 7) is 0.206. The van der Waals surface area contributed by atoms with Gasteiger partial charge in [0.05, 0.1) is 10.6 Å². The van der Waals surface area contributed by atoms with Gasteiger partial charge in [-0.3, -0.25) is 0 Å². The van der Waals surface area contributed by atoms with Crippen LogP contribution < -0.4 is 5.73 Å². The summed E-state index contributed by atoms with van der Waals surface area (Å²) in [6, 6.07) is 2.02. The van der Waals surface area contributed by atoms with Crippen LogP contribution >= 0.6 is 38.6 Å². The minimum atomic E-state index is -0.654. The van der Waals surface area contributed by atoms with E-state index in [-0.39, 0.29) is 6.54 Å². The van der Waals surface area contributed by atoms with Crippen LogP contribution in [0, 0.1) is 0 Å². The van der Waals surface area contributed by atoms with Crippen molar-refractivity contribution in [3.63, 3.8) is 0 Å². The first kappa shape index (κ1) is 11.2. The molecule has 0 saturated heterocycles. The van der Waals surface area contributed by atoms with Crippen LogP contribution in [0.3, 0.4) is 0 Å². The molecule has 0 aromatic carbocycles. The van der Waals surface area contributed by atoms with E-state index in [1.165, 1.54) is 11.3 Å². The van der Waals surface area contributed by atoms with Gasteiger partial charge < -0.3 is 10.8 Å². The topological polar surface area (TPSA) is 59.1 Å². The van der Waals surface area contributed by atoms with E-state index in [0.717, 1.165) is 14.4 Å². The van der Waals surface area contributed by atoms with E-state index in [9.17, 15) is 5.11 Å². The summed E-state index contributed by atoms with van der Waals surface area (Å²) in [7, 11) is 0. The average molecular weight is 305 g/mol. The highest BCUT2D eigenvalue weighted by molar-refractivity contribution is 9.10. The molecule has 0 fully saturated rings. The molecule has 2 heterocycles. The normalized spacial score (nSPS) is 13.0. The maximum absolute atomic E-state index is 9.51. The van der Waals surface area contributed by atoms with Gasteiger partial charge in [-0.05, 0) is 22.0 Å². The number of thiophene rings is 1. The van der Waals surface area contributed by atoms with Crippen LogP contribution in [-0.4, -0.2) is 16.6 Å². The van der Waals surface area contributed by atoms with Gasteiger partial charge in [0.25, 0.3) is 0 Å². The summed E-state index contributed by atoms with van der Waals surface area (Å²) >= 11 is 6.54. The lowest BCUT2D eigenvalue weighted by Crippen LogP contribution is -2.11. The van der Waals surface area contributed by atoms with Crippen molar-refractivity contribution in [1.82, 2.24) is 4.98 Å². The molecule has 2 rings (SSSR count). The molecule has 0 aliphatic heterocycles. The summed E-state index contributed by atoms with van der Waals surface area (Å²) in [4.78, 5) is 5.44. The van der Waals surface area contributed by atoms with Crippen molar-refractivity contribution in [3.8, 4) is 9.88 Å². The largest absolute Gasteiger partial charge is 0.385 e. The molecular weight excluding hydrogens is 296 g/mol. The standard InChI is InChI=1S/C9H9BrN2OS2/c10-5-1-8(14-3-5)9-12-6(4-15-9)7(13)2-11/h1,3-4,7,13H,2,11H2. The smallest absolute Gasteiger partial charge is 0.133 e. The third-order valence-corrected chi connectivity index (χ3v) is 4.59. The van der Waals surface area contributed by atoms with Crippen LogP contribution in [0.15, 0.2) is 21.3 Å². The molecule has 3 nitrogen and oxygen atoms in total. The van der Waals surface area contributed by atoms with Crippen LogP contribution in [0.2, 0.25) is 0 Å². The van der Waals surface area contributed by atoms with E-state index in [1.54, 1.807) is 11.3 Å². The SMILES string of the molecule is NCC(O)c1csc(-c2cc(Br)cs2)n1. The third kappa shape index (κ3) is 2.46. The zero-order chi connectivity index (χ0) is 10.8. The molecular formula is C9H9BrN2OS2. The molecule has 0 aliphatic rings. The van der Waals surface area contributed by atoms with Crippen molar-refractivity contribution in [2.75, 3.05) is 6.54 Å². The fourth-order valence-electron chi connectivity index (χ4n) is 1.10. The summed E-state index contributed by atoms with van der Waals surface area (Å²) in [6.07, 6.45) is -0.654. The van der Waals surface area contributed by atoms with Gasteiger partial charge in [0.1, 0.15) is 11.1 Å². The lowest BCUT2D eigenvalue weighted by atomic mass is 10.3. The molecule has 1 unspecified atom stereocenters. The highest BCUT2D eigenvalue weighted by atomic mass is 79.9. The number of aliphatic hydroxyl groups excluding tert-OH is 1. The van der Waals surface area contributed by atoms with E-state index in [4.69, 9.17) is 5.73 Å². The third-order valence-electron chi connectivity index (χ3n) is 1.86. The van der Waals surface area contributed by atoms with E-state index >= 15 is 0 Å². The van der Waals surface area contributed by atoms with Crippen LogP contribution in [-0.2, 0) is 0 Å². The molecule has 0 saturated carbocycles. The summed E-state index contributed by atoms with van der Waals surface area (Å²) in [5, 5.41) is 14.3. The molecule has 0 aliphatic carbocycles. The molecule has 80 valence electrons. The molecule has 0 amide bonds. The zero-order valence-electron chi connectivity index (χ0n) is 7.68. The van der Waals surface area contributed by atoms with Crippen LogP contribution in [0.4, 0.5) is 0 Å².